The Morgan fingerprint density at radius 3 is 0.768 bits per heavy atom. The number of esters is 4. The van der Waals surface area contributed by atoms with Gasteiger partial charge in [-0.1, -0.05) is 369 Å². The molecule has 0 aliphatic heterocycles. The number of carbonyl (C=O) groups is 4. The Hall–Kier alpha value is -1.94. The van der Waals surface area contributed by atoms with Crippen LogP contribution in [0.15, 0.2) is 0 Å². The molecular formula is C80H156O17P2. The molecule has 0 aliphatic carbocycles. The molecule has 0 bridgehead atoms. The van der Waals surface area contributed by atoms with Gasteiger partial charge in [-0.05, 0) is 37.5 Å². The van der Waals surface area contributed by atoms with E-state index >= 15 is 0 Å². The number of aliphatic hydroxyl groups is 1. The van der Waals surface area contributed by atoms with E-state index in [-0.39, 0.29) is 25.7 Å². The number of unbranched alkanes of at least 4 members (excludes halogenated alkanes) is 48. The largest absolute Gasteiger partial charge is 0.472 e. The maximum atomic E-state index is 13.1. The Morgan fingerprint density at radius 2 is 0.515 bits per heavy atom. The van der Waals surface area contributed by atoms with Crippen LogP contribution >= 0.6 is 15.6 Å². The summed E-state index contributed by atoms with van der Waals surface area (Å²) in [6.07, 6.45) is 61.0. The molecule has 0 fully saturated rings. The van der Waals surface area contributed by atoms with Crippen LogP contribution in [0.25, 0.3) is 0 Å². The molecule has 0 saturated heterocycles. The fourth-order valence-electron chi connectivity index (χ4n) is 12.3. The van der Waals surface area contributed by atoms with Gasteiger partial charge < -0.3 is 33.8 Å². The monoisotopic (exact) mass is 1450 g/mol. The van der Waals surface area contributed by atoms with Crippen molar-refractivity contribution in [3.05, 3.63) is 0 Å². The molecule has 0 saturated carbocycles. The Balaban J connectivity index is 5.22. The van der Waals surface area contributed by atoms with E-state index in [0.29, 0.717) is 25.7 Å². The molecule has 0 radical (unpaired) electrons. The van der Waals surface area contributed by atoms with Crippen molar-refractivity contribution in [1.82, 2.24) is 0 Å². The van der Waals surface area contributed by atoms with Crippen molar-refractivity contribution >= 4 is 39.5 Å². The SMILES string of the molecule is CCCCCCCCCCCCCCCCCCCCCCCC(=O)O[C@H](COC(=O)CCCCCCCCCCCCC(C)CC)COP(=O)(O)OC[C@@H](O)COP(=O)(O)OC[C@@H](COC(=O)CCCCCCCCCCCCCC)OC(=O)CCCCCCCCCCCC(C)C. The van der Waals surface area contributed by atoms with Gasteiger partial charge in [0, 0.05) is 25.7 Å². The normalized spacial score (nSPS) is 14.2. The number of ether oxygens (including phenoxy) is 4. The molecule has 17 nitrogen and oxygen atoms in total. The summed E-state index contributed by atoms with van der Waals surface area (Å²) in [5, 5.41) is 10.6. The van der Waals surface area contributed by atoms with Crippen LogP contribution in [0.5, 0.6) is 0 Å². The molecule has 588 valence electrons. The molecule has 99 heavy (non-hydrogen) atoms. The number of carbonyl (C=O) groups excluding carboxylic acids is 4. The number of hydrogen-bond acceptors (Lipinski definition) is 15. The van der Waals surface area contributed by atoms with Gasteiger partial charge >= 0.3 is 39.5 Å². The van der Waals surface area contributed by atoms with Crippen LogP contribution in [-0.4, -0.2) is 96.7 Å². The van der Waals surface area contributed by atoms with Gasteiger partial charge in [0.25, 0.3) is 0 Å². The molecular weight excluding hydrogens is 1290 g/mol. The van der Waals surface area contributed by atoms with Gasteiger partial charge in [-0.25, -0.2) is 9.13 Å². The summed E-state index contributed by atoms with van der Waals surface area (Å²) in [5.74, 6) is -0.565. The van der Waals surface area contributed by atoms with Crippen LogP contribution in [0.4, 0.5) is 0 Å². The Morgan fingerprint density at radius 1 is 0.293 bits per heavy atom. The van der Waals surface area contributed by atoms with Crippen molar-refractivity contribution in [3.63, 3.8) is 0 Å². The smallest absolute Gasteiger partial charge is 0.462 e. The molecule has 3 N–H and O–H groups in total. The van der Waals surface area contributed by atoms with Gasteiger partial charge in [0.1, 0.15) is 19.3 Å². The van der Waals surface area contributed by atoms with Crippen molar-refractivity contribution in [3.8, 4) is 0 Å². The van der Waals surface area contributed by atoms with E-state index < -0.39 is 97.5 Å². The summed E-state index contributed by atoms with van der Waals surface area (Å²) in [5.41, 5.74) is 0. The van der Waals surface area contributed by atoms with Crippen LogP contribution in [0, 0.1) is 11.8 Å². The second-order valence-corrected chi connectivity index (χ2v) is 32.4. The van der Waals surface area contributed by atoms with Gasteiger partial charge in [0.05, 0.1) is 26.4 Å². The van der Waals surface area contributed by atoms with Crippen LogP contribution in [-0.2, 0) is 65.4 Å². The summed E-state index contributed by atoms with van der Waals surface area (Å²) < 4.78 is 68.7. The fraction of sp³-hybridized carbons (Fsp3) is 0.950. The highest BCUT2D eigenvalue weighted by Gasteiger charge is 2.30. The minimum Gasteiger partial charge on any atom is -0.462 e. The van der Waals surface area contributed by atoms with E-state index in [1.165, 1.54) is 238 Å². The molecule has 6 atom stereocenters. The number of phosphoric ester groups is 2. The highest BCUT2D eigenvalue weighted by atomic mass is 31.2. The molecule has 0 rings (SSSR count). The zero-order valence-corrected chi connectivity index (χ0v) is 66.6. The minimum atomic E-state index is -4.96. The zero-order chi connectivity index (χ0) is 72.8. The number of rotatable bonds is 79. The molecule has 0 spiro atoms. The van der Waals surface area contributed by atoms with E-state index in [4.69, 9.17) is 37.0 Å². The zero-order valence-electron chi connectivity index (χ0n) is 64.8. The van der Waals surface area contributed by atoms with E-state index in [2.05, 4.69) is 41.5 Å². The lowest BCUT2D eigenvalue weighted by molar-refractivity contribution is -0.161. The van der Waals surface area contributed by atoms with Gasteiger partial charge in [0.15, 0.2) is 12.2 Å². The lowest BCUT2D eigenvalue weighted by Gasteiger charge is -2.21. The van der Waals surface area contributed by atoms with Crippen molar-refractivity contribution in [2.75, 3.05) is 39.6 Å². The average Bonchev–Trinajstić information content (AvgIpc) is 1.05. The topological polar surface area (TPSA) is 237 Å². The first-order valence-electron chi connectivity index (χ1n) is 41.5. The lowest BCUT2D eigenvalue weighted by atomic mass is 9.99. The van der Waals surface area contributed by atoms with Gasteiger partial charge in [-0.3, -0.25) is 37.3 Å². The fourth-order valence-corrected chi connectivity index (χ4v) is 13.9. The van der Waals surface area contributed by atoms with E-state index in [9.17, 15) is 43.2 Å². The van der Waals surface area contributed by atoms with Crippen molar-refractivity contribution in [1.29, 1.82) is 0 Å². The van der Waals surface area contributed by atoms with Gasteiger partial charge in [-0.2, -0.15) is 0 Å². The summed E-state index contributed by atoms with van der Waals surface area (Å²) in [7, 11) is -9.92. The van der Waals surface area contributed by atoms with Gasteiger partial charge in [0.2, 0.25) is 0 Å². The molecule has 0 aliphatic rings. The van der Waals surface area contributed by atoms with Crippen molar-refractivity contribution in [2.24, 2.45) is 11.8 Å². The van der Waals surface area contributed by atoms with E-state index in [1.54, 1.807) is 0 Å². The first-order chi connectivity index (χ1) is 47.9. The predicted molar refractivity (Wildman–Crippen MR) is 405 cm³/mol. The van der Waals surface area contributed by atoms with E-state index in [1.807, 2.05) is 0 Å². The number of aliphatic hydroxyl groups excluding tert-OH is 1. The molecule has 0 aromatic rings. The highest BCUT2D eigenvalue weighted by Crippen LogP contribution is 2.45. The van der Waals surface area contributed by atoms with Crippen molar-refractivity contribution in [2.45, 2.75) is 439 Å². The molecule has 0 aromatic heterocycles. The van der Waals surface area contributed by atoms with Crippen LogP contribution in [0.2, 0.25) is 0 Å². The van der Waals surface area contributed by atoms with Crippen molar-refractivity contribution < 1.29 is 80.2 Å². The third-order valence-corrected chi connectivity index (χ3v) is 21.0. The lowest BCUT2D eigenvalue weighted by Crippen LogP contribution is -2.30. The molecule has 0 amide bonds. The second kappa shape index (κ2) is 71.7. The van der Waals surface area contributed by atoms with E-state index in [0.717, 1.165) is 102 Å². The first kappa shape index (κ1) is 97.1. The highest BCUT2D eigenvalue weighted by molar-refractivity contribution is 7.47. The quantitative estimate of drug-likeness (QED) is 0.0222. The number of hydrogen-bond donors (Lipinski definition) is 3. The third kappa shape index (κ3) is 72.8. The standard InChI is InChI=1S/C80H156O17P2/c1-7-10-12-14-16-18-20-22-23-24-25-26-27-28-29-30-32-40-46-52-58-64-79(84)96-75(68-91-78(83)63-57-51-45-39-34-33-37-43-49-55-61-73(6)9-3)70-94-98(86,87)92-66-74(81)67-93-99(88,89)95-71-76(97-80(85)65-59-53-47-41-35-36-42-48-54-60-72(4)5)69-90-77(82)62-56-50-44-38-31-21-19-17-15-13-11-8-2/h72-76,81H,7-71H2,1-6H3,(H,86,87)(H,88,89)/t73?,74-,75-,76-/m1/s1. The molecule has 0 heterocycles. The summed E-state index contributed by atoms with van der Waals surface area (Å²) in [4.78, 5) is 73.0. The number of phosphoric acid groups is 2. The van der Waals surface area contributed by atoms with Crippen LogP contribution in [0.3, 0.4) is 0 Å². The second-order valence-electron chi connectivity index (χ2n) is 29.5. The first-order valence-corrected chi connectivity index (χ1v) is 44.5. The molecule has 19 heteroatoms. The van der Waals surface area contributed by atoms with Crippen LogP contribution < -0.4 is 0 Å². The Kier molecular flexibility index (Phi) is 70.3. The average molecular weight is 1450 g/mol. The summed E-state index contributed by atoms with van der Waals surface area (Å²) in [6.45, 7) is 9.63. The maximum Gasteiger partial charge on any atom is 0.472 e. The minimum absolute atomic E-state index is 0.106. The van der Waals surface area contributed by atoms with Crippen LogP contribution in [0.1, 0.15) is 420 Å². The summed E-state index contributed by atoms with van der Waals surface area (Å²) in [6, 6.07) is 0. The predicted octanol–water partition coefficient (Wildman–Crippen LogP) is 23.9. The third-order valence-electron chi connectivity index (χ3n) is 19.1. The molecule has 0 aromatic carbocycles. The summed E-state index contributed by atoms with van der Waals surface area (Å²) >= 11 is 0. The Labute approximate surface area is 607 Å². The van der Waals surface area contributed by atoms with Gasteiger partial charge in [-0.15, -0.1) is 0 Å². The molecule has 3 unspecified atom stereocenters. The Bertz CT molecular complexity index is 1910. The maximum absolute atomic E-state index is 13.1.